The van der Waals surface area contributed by atoms with Gasteiger partial charge in [0.1, 0.15) is 5.75 Å². The predicted octanol–water partition coefficient (Wildman–Crippen LogP) is 0.854. The highest BCUT2D eigenvalue weighted by molar-refractivity contribution is 5.49. The molecule has 2 atom stereocenters. The number of aliphatic hydroxyl groups is 1. The lowest BCUT2D eigenvalue weighted by Gasteiger charge is -2.38. The number of piperazine rings is 1. The SMILES string of the molecule is COc1ccc(N2CC(C)NC(CO)C2)cc1. The summed E-state index contributed by atoms with van der Waals surface area (Å²) >= 11 is 0. The van der Waals surface area contributed by atoms with Gasteiger partial charge in [-0.25, -0.2) is 0 Å². The van der Waals surface area contributed by atoms with E-state index in [0.717, 1.165) is 18.8 Å². The van der Waals surface area contributed by atoms with E-state index in [4.69, 9.17) is 4.74 Å². The molecule has 0 aliphatic carbocycles. The van der Waals surface area contributed by atoms with Crippen LogP contribution in [-0.2, 0) is 0 Å². The van der Waals surface area contributed by atoms with Gasteiger partial charge in [-0.3, -0.25) is 0 Å². The number of aliphatic hydroxyl groups excluding tert-OH is 1. The molecule has 94 valence electrons. The van der Waals surface area contributed by atoms with Crippen LogP contribution in [0.15, 0.2) is 24.3 Å². The number of hydrogen-bond acceptors (Lipinski definition) is 4. The molecular weight excluding hydrogens is 216 g/mol. The fourth-order valence-electron chi connectivity index (χ4n) is 2.29. The quantitative estimate of drug-likeness (QED) is 0.817. The van der Waals surface area contributed by atoms with Crippen molar-refractivity contribution in [1.82, 2.24) is 5.32 Å². The Kier molecular flexibility index (Phi) is 3.86. The van der Waals surface area contributed by atoms with Crippen molar-refractivity contribution < 1.29 is 9.84 Å². The fourth-order valence-corrected chi connectivity index (χ4v) is 2.29. The molecular formula is C13H20N2O2. The Morgan fingerprint density at radius 1 is 1.35 bits per heavy atom. The molecule has 1 aliphatic rings. The lowest BCUT2D eigenvalue weighted by molar-refractivity contribution is 0.221. The van der Waals surface area contributed by atoms with E-state index < -0.39 is 0 Å². The minimum atomic E-state index is 0.154. The van der Waals surface area contributed by atoms with Gasteiger partial charge in [0, 0.05) is 30.9 Å². The summed E-state index contributed by atoms with van der Waals surface area (Å²) in [6, 6.07) is 8.60. The second-order valence-corrected chi connectivity index (χ2v) is 4.55. The van der Waals surface area contributed by atoms with E-state index in [1.165, 1.54) is 5.69 Å². The van der Waals surface area contributed by atoms with Crippen molar-refractivity contribution >= 4 is 5.69 Å². The summed E-state index contributed by atoms with van der Waals surface area (Å²) in [5.74, 6) is 0.871. The van der Waals surface area contributed by atoms with Crippen LogP contribution in [0.5, 0.6) is 5.75 Å². The number of benzene rings is 1. The zero-order chi connectivity index (χ0) is 12.3. The van der Waals surface area contributed by atoms with E-state index in [2.05, 4.69) is 29.3 Å². The third-order valence-corrected chi connectivity index (χ3v) is 3.11. The first-order valence-electron chi connectivity index (χ1n) is 5.99. The summed E-state index contributed by atoms with van der Waals surface area (Å²) in [6.45, 7) is 4.12. The monoisotopic (exact) mass is 236 g/mol. The van der Waals surface area contributed by atoms with Gasteiger partial charge in [0.15, 0.2) is 0 Å². The highest BCUT2D eigenvalue weighted by atomic mass is 16.5. The largest absolute Gasteiger partial charge is 0.497 e. The summed E-state index contributed by atoms with van der Waals surface area (Å²) in [5.41, 5.74) is 1.18. The molecule has 17 heavy (non-hydrogen) atoms. The lowest BCUT2D eigenvalue weighted by Crippen LogP contribution is -2.56. The highest BCUT2D eigenvalue weighted by Gasteiger charge is 2.23. The first-order chi connectivity index (χ1) is 8.22. The average Bonchev–Trinajstić information content (AvgIpc) is 2.38. The molecule has 2 N–H and O–H groups in total. The van der Waals surface area contributed by atoms with Gasteiger partial charge in [0.05, 0.1) is 13.7 Å². The molecule has 1 aliphatic heterocycles. The zero-order valence-corrected chi connectivity index (χ0v) is 10.4. The molecule has 4 nitrogen and oxygen atoms in total. The van der Waals surface area contributed by atoms with Gasteiger partial charge in [-0.2, -0.15) is 0 Å². The van der Waals surface area contributed by atoms with Gasteiger partial charge in [0.25, 0.3) is 0 Å². The number of rotatable bonds is 3. The lowest BCUT2D eigenvalue weighted by atomic mass is 10.1. The van der Waals surface area contributed by atoms with Crippen LogP contribution in [-0.4, -0.2) is 44.0 Å². The molecule has 1 saturated heterocycles. The second-order valence-electron chi connectivity index (χ2n) is 4.55. The Morgan fingerprint density at radius 2 is 2.06 bits per heavy atom. The Balaban J connectivity index is 2.09. The predicted molar refractivity (Wildman–Crippen MR) is 68.7 cm³/mol. The smallest absolute Gasteiger partial charge is 0.119 e. The number of ether oxygens (including phenoxy) is 1. The molecule has 0 aromatic heterocycles. The van der Waals surface area contributed by atoms with Gasteiger partial charge >= 0.3 is 0 Å². The van der Waals surface area contributed by atoms with Crippen LogP contribution >= 0.6 is 0 Å². The van der Waals surface area contributed by atoms with Gasteiger partial charge in [-0.05, 0) is 31.2 Å². The molecule has 0 bridgehead atoms. The number of nitrogens with zero attached hydrogens (tertiary/aromatic N) is 1. The normalized spacial score (nSPS) is 24.8. The summed E-state index contributed by atoms with van der Waals surface area (Å²) in [6.07, 6.45) is 0. The van der Waals surface area contributed by atoms with Crippen molar-refractivity contribution in [1.29, 1.82) is 0 Å². The van der Waals surface area contributed by atoms with Crippen molar-refractivity contribution in [3.63, 3.8) is 0 Å². The van der Waals surface area contributed by atoms with Crippen molar-refractivity contribution in [2.75, 3.05) is 31.7 Å². The first-order valence-corrected chi connectivity index (χ1v) is 5.99. The van der Waals surface area contributed by atoms with E-state index in [0.29, 0.717) is 6.04 Å². The topological polar surface area (TPSA) is 44.7 Å². The fraction of sp³-hybridized carbons (Fsp3) is 0.538. The molecule has 1 fully saturated rings. The number of nitrogens with one attached hydrogen (secondary N) is 1. The molecule has 1 aromatic rings. The maximum absolute atomic E-state index is 9.25. The second kappa shape index (κ2) is 5.38. The third-order valence-electron chi connectivity index (χ3n) is 3.11. The molecule has 1 aromatic carbocycles. The molecule has 0 spiro atoms. The Labute approximate surface area is 102 Å². The highest BCUT2D eigenvalue weighted by Crippen LogP contribution is 2.21. The molecule has 1 heterocycles. The van der Waals surface area contributed by atoms with E-state index in [9.17, 15) is 5.11 Å². The molecule has 0 saturated carbocycles. The standard InChI is InChI=1S/C13H20N2O2/c1-10-7-15(8-11(9-16)14-10)12-3-5-13(17-2)6-4-12/h3-6,10-11,14,16H,7-9H2,1-2H3. The van der Waals surface area contributed by atoms with Crippen LogP contribution in [0.2, 0.25) is 0 Å². The Bertz CT molecular complexity index is 353. The van der Waals surface area contributed by atoms with E-state index in [1.54, 1.807) is 7.11 Å². The van der Waals surface area contributed by atoms with Gasteiger partial charge in [-0.1, -0.05) is 0 Å². The van der Waals surface area contributed by atoms with Gasteiger partial charge < -0.3 is 20.1 Å². The maximum Gasteiger partial charge on any atom is 0.119 e. The summed E-state index contributed by atoms with van der Waals surface area (Å²) < 4.78 is 5.15. The minimum absolute atomic E-state index is 0.154. The summed E-state index contributed by atoms with van der Waals surface area (Å²) in [7, 11) is 1.67. The number of hydrogen-bond donors (Lipinski definition) is 2. The Morgan fingerprint density at radius 3 is 2.65 bits per heavy atom. The number of methoxy groups -OCH3 is 1. The van der Waals surface area contributed by atoms with Crippen molar-refractivity contribution in [2.24, 2.45) is 0 Å². The average molecular weight is 236 g/mol. The molecule has 0 amide bonds. The van der Waals surface area contributed by atoms with Crippen LogP contribution in [0, 0.1) is 0 Å². The van der Waals surface area contributed by atoms with Crippen LogP contribution in [0.4, 0.5) is 5.69 Å². The third kappa shape index (κ3) is 2.90. The van der Waals surface area contributed by atoms with Crippen LogP contribution < -0.4 is 15.0 Å². The van der Waals surface area contributed by atoms with Crippen LogP contribution in [0.3, 0.4) is 0 Å². The molecule has 0 radical (unpaired) electrons. The van der Waals surface area contributed by atoms with E-state index in [1.807, 2.05) is 12.1 Å². The molecule has 4 heteroatoms. The van der Waals surface area contributed by atoms with Crippen LogP contribution in [0.1, 0.15) is 6.92 Å². The van der Waals surface area contributed by atoms with Crippen molar-refractivity contribution in [3.8, 4) is 5.75 Å². The Hall–Kier alpha value is -1.26. The molecule has 2 unspecified atom stereocenters. The minimum Gasteiger partial charge on any atom is -0.497 e. The summed E-state index contributed by atoms with van der Waals surface area (Å²) in [5, 5.41) is 12.6. The van der Waals surface area contributed by atoms with E-state index >= 15 is 0 Å². The first kappa shape index (κ1) is 12.2. The molecule has 2 rings (SSSR count). The van der Waals surface area contributed by atoms with E-state index in [-0.39, 0.29) is 12.6 Å². The summed E-state index contributed by atoms with van der Waals surface area (Å²) in [4.78, 5) is 2.29. The zero-order valence-electron chi connectivity index (χ0n) is 10.4. The van der Waals surface area contributed by atoms with Crippen molar-refractivity contribution in [2.45, 2.75) is 19.0 Å². The number of anilines is 1. The van der Waals surface area contributed by atoms with Gasteiger partial charge in [0.2, 0.25) is 0 Å². The maximum atomic E-state index is 9.25. The van der Waals surface area contributed by atoms with Crippen LogP contribution in [0.25, 0.3) is 0 Å². The van der Waals surface area contributed by atoms with Gasteiger partial charge in [-0.15, -0.1) is 0 Å². The van der Waals surface area contributed by atoms with Crippen molar-refractivity contribution in [3.05, 3.63) is 24.3 Å².